The predicted molar refractivity (Wildman–Crippen MR) is 116 cm³/mol. The van der Waals surface area contributed by atoms with Crippen LogP contribution in [-0.4, -0.2) is 32.9 Å². The zero-order chi connectivity index (χ0) is 19.6. The first kappa shape index (κ1) is 21.3. The van der Waals surface area contributed by atoms with Gasteiger partial charge in [0.05, 0.1) is 8.15 Å². The Morgan fingerprint density at radius 3 is 1.85 bits per heavy atom. The lowest BCUT2D eigenvalue weighted by molar-refractivity contribution is -0.110. The van der Waals surface area contributed by atoms with Crippen molar-refractivity contribution in [2.75, 3.05) is 27.1 Å². The highest BCUT2D eigenvalue weighted by Gasteiger charge is 2.03. The third-order valence-corrected chi connectivity index (χ3v) is 4.93. The minimum absolute atomic E-state index is 0.0875. The summed E-state index contributed by atoms with van der Waals surface area (Å²) in [5, 5.41) is 0. The minimum Gasteiger partial charge on any atom is -0.475 e. The summed E-state index contributed by atoms with van der Waals surface area (Å²) in [6.45, 7) is 5.97. The van der Waals surface area contributed by atoms with Gasteiger partial charge in [0.25, 0.3) is 0 Å². The molecule has 0 N–H and O–H groups in total. The van der Waals surface area contributed by atoms with Gasteiger partial charge >= 0.3 is 0 Å². The Hall–Kier alpha value is -1.99. The molecule has 0 amide bonds. The highest BCUT2D eigenvalue weighted by Crippen LogP contribution is 2.34. The summed E-state index contributed by atoms with van der Waals surface area (Å²) in [6, 6.07) is 15.2. The maximum atomic E-state index is 12.1. The Bertz CT molecular complexity index is 815. The van der Waals surface area contributed by atoms with Crippen LogP contribution in [0, 0.1) is 0 Å². The van der Waals surface area contributed by atoms with Gasteiger partial charge < -0.3 is 13.6 Å². The van der Waals surface area contributed by atoms with E-state index in [1.54, 1.807) is 31.4 Å². The molecule has 0 aromatic heterocycles. The Morgan fingerprint density at radius 2 is 1.37 bits per heavy atom. The molecule has 27 heavy (non-hydrogen) atoms. The van der Waals surface area contributed by atoms with E-state index in [1.165, 1.54) is 0 Å². The van der Waals surface area contributed by atoms with Crippen LogP contribution >= 0.6 is 16.5 Å². The Kier molecular flexibility index (Phi) is 8.67. The van der Waals surface area contributed by atoms with Crippen LogP contribution in [-0.2, 0) is 9.32 Å². The normalized spacial score (nSPS) is 12.6. The van der Waals surface area contributed by atoms with Crippen molar-refractivity contribution in [1.29, 1.82) is 0 Å². The molecule has 0 fully saturated rings. The number of benzene rings is 2. The Morgan fingerprint density at radius 1 is 0.852 bits per heavy atom. The fraction of sp³-hybridized carbons (Fsp3) is 0.190. The van der Waals surface area contributed by atoms with Crippen molar-refractivity contribution in [3.8, 4) is 11.5 Å². The van der Waals surface area contributed by atoms with E-state index in [0.717, 1.165) is 22.6 Å². The molecule has 0 heterocycles. The fourth-order valence-electron chi connectivity index (χ4n) is 2.16. The van der Waals surface area contributed by atoms with Gasteiger partial charge in [-0.1, -0.05) is 36.4 Å². The van der Waals surface area contributed by atoms with Crippen LogP contribution < -0.4 is 9.05 Å². The molecular formula is C21H24O4P2. The average molecular weight is 402 g/mol. The van der Waals surface area contributed by atoms with Crippen molar-refractivity contribution in [2.24, 2.45) is 0 Å². The lowest BCUT2D eigenvalue weighted by atomic mass is 10.1. The number of carbonyl (C=O) groups excluding carboxylic acids is 1. The molecular weight excluding hydrogens is 378 g/mol. The number of allylic oxidation sites excluding steroid dienone is 2. The number of rotatable bonds is 9. The van der Waals surface area contributed by atoms with Crippen LogP contribution in [0.5, 0.6) is 11.5 Å². The van der Waals surface area contributed by atoms with Crippen LogP contribution in [0.2, 0.25) is 0 Å². The SMILES string of the molecule is COP(C)Oc1cccc(/C=C/C(=O)/C=C/c2cccc(OP(C)C)c2)c1. The smallest absolute Gasteiger partial charge is 0.226 e. The molecule has 2 aromatic carbocycles. The summed E-state index contributed by atoms with van der Waals surface area (Å²) in [4.78, 5) is 12.1. The van der Waals surface area contributed by atoms with Crippen LogP contribution in [0.3, 0.4) is 0 Å². The average Bonchev–Trinajstić information content (AvgIpc) is 2.64. The van der Waals surface area contributed by atoms with Crippen molar-refractivity contribution in [1.82, 2.24) is 0 Å². The summed E-state index contributed by atoms with van der Waals surface area (Å²) in [6.07, 6.45) is 6.64. The van der Waals surface area contributed by atoms with E-state index in [2.05, 4.69) is 0 Å². The highest BCUT2D eigenvalue weighted by molar-refractivity contribution is 7.51. The fourth-order valence-corrected chi connectivity index (χ4v) is 3.18. The quantitative estimate of drug-likeness (QED) is 0.382. The molecule has 0 aliphatic carbocycles. The molecule has 0 spiro atoms. The van der Waals surface area contributed by atoms with Gasteiger partial charge in [-0.25, -0.2) is 0 Å². The van der Waals surface area contributed by atoms with E-state index >= 15 is 0 Å². The molecule has 0 saturated heterocycles. The van der Waals surface area contributed by atoms with Gasteiger partial charge in [-0.2, -0.15) is 0 Å². The summed E-state index contributed by atoms with van der Waals surface area (Å²) in [5.74, 6) is 1.45. The summed E-state index contributed by atoms with van der Waals surface area (Å²) >= 11 is 0. The molecule has 142 valence electrons. The number of hydrogen-bond acceptors (Lipinski definition) is 4. The van der Waals surface area contributed by atoms with Gasteiger partial charge in [0.1, 0.15) is 11.5 Å². The van der Waals surface area contributed by atoms with Crippen molar-refractivity contribution in [3.63, 3.8) is 0 Å². The van der Waals surface area contributed by atoms with E-state index in [4.69, 9.17) is 13.6 Å². The molecule has 0 aliphatic rings. The van der Waals surface area contributed by atoms with E-state index in [-0.39, 0.29) is 5.78 Å². The molecule has 0 saturated carbocycles. The second kappa shape index (κ2) is 11.0. The number of hydrogen-bond donors (Lipinski definition) is 0. The zero-order valence-electron chi connectivity index (χ0n) is 16.0. The lowest BCUT2D eigenvalue weighted by Gasteiger charge is -2.11. The standard InChI is InChI=1S/C21H24O4P2/c1-23-27(4)25-21-10-6-8-18(16-21)12-14-19(22)13-11-17-7-5-9-20(15-17)24-26(2)3/h5-16H,1-4H3/b13-11+,14-12+. The van der Waals surface area contributed by atoms with Crippen molar-refractivity contribution in [2.45, 2.75) is 0 Å². The van der Waals surface area contributed by atoms with Gasteiger partial charge in [-0.05, 0) is 60.9 Å². The van der Waals surface area contributed by atoms with E-state index in [1.807, 2.05) is 68.5 Å². The monoisotopic (exact) mass is 402 g/mol. The second-order valence-corrected chi connectivity index (χ2v) is 9.07. The largest absolute Gasteiger partial charge is 0.475 e. The van der Waals surface area contributed by atoms with Gasteiger partial charge in [-0.15, -0.1) is 0 Å². The minimum atomic E-state index is -0.940. The van der Waals surface area contributed by atoms with Crippen LogP contribution in [0.4, 0.5) is 0 Å². The molecule has 2 rings (SSSR count). The van der Waals surface area contributed by atoms with Crippen molar-refractivity contribution >= 4 is 34.5 Å². The van der Waals surface area contributed by atoms with Crippen molar-refractivity contribution < 1.29 is 18.4 Å². The second-order valence-electron chi connectivity index (χ2n) is 5.83. The summed E-state index contributed by atoms with van der Waals surface area (Å²) < 4.78 is 16.5. The van der Waals surface area contributed by atoms with Crippen molar-refractivity contribution in [3.05, 3.63) is 71.8 Å². The third-order valence-electron chi connectivity index (χ3n) is 3.38. The Labute approximate surface area is 163 Å². The topological polar surface area (TPSA) is 44.8 Å². The lowest BCUT2D eigenvalue weighted by Crippen LogP contribution is -1.88. The first-order valence-corrected chi connectivity index (χ1v) is 12.2. The van der Waals surface area contributed by atoms with Gasteiger partial charge in [0.2, 0.25) is 8.38 Å². The Balaban J connectivity index is 1.99. The summed E-state index contributed by atoms with van der Waals surface area (Å²) in [7, 11) is 0.206. The molecule has 1 unspecified atom stereocenters. The van der Waals surface area contributed by atoms with E-state index in [9.17, 15) is 4.79 Å². The maximum Gasteiger partial charge on any atom is 0.226 e. The molecule has 1 atom stereocenters. The molecule has 4 nitrogen and oxygen atoms in total. The van der Waals surface area contributed by atoms with Gasteiger partial charge in [-0.3, -0.25) is 4.79 Å². The number of carbonyl (C=O) groups is 1. The summed E-state index contributed by atoms with van der Waals surface area (Å²) in [5.41, 5.74) is 1.82. The van der Waals surface area contributed by atoms with Gasteiger partial charge in [0.15, 0.2) is 5.78 Å². The first-order chi connectivity index (χ1) is 13.0. The van der Waals surface area contributed by atoms with Gasteiger partial charge in [0, 0.05) is 13.8 Å². The zero-order valence-corrected chi connectivity index (χ0v) is 17.7. The highest BCUT2D eigenvalue weighted by atomic mass is 31.2. The van der Waals surface area contributed by atoms with Crippen LogP contribution in [0.15, 0.2) is 60.7 Å². The molecule has 0 aliphatic heterocycles. The molecule has 2 aromatic rings. The first-order valence-electron chi connectivity index (χ1n) is 8.37. The van der Waals surface area contributed by atoms with Crippen LogP contribution in [0.25, 0.3) is 12.2 Å². The number of ketones is 1. The molecule has 0 radical (unpaired) electrons. The molecule has 6 heteroatoms. The maximum absolute atomic E-state index is 12.1. The third kappa shape index (κ3) is 8.05. The van der Waals surface area contributed by atoms with Crippen LogP contribution in [0.1, 0.15) is 11.1 Å². The van der Waals surface area contributed by atoms with E-state index in [0.29, 0.717) is 0 Å². The van der Waals surface area contributed by atoms with E-state index < -0.39 is 16.5 Å². The molecule has 0 bridgehead atoms. The predicted octanol–water partition coefficient (Wildman–Crippen LogP) is 5.98.